The topological polar surface area (TPSA) is 35.2 Å². The number of hydrogen-bond donors (Lipinski definition) is 1. The van der Waals surface area contributed by atoms with Crippen molar-refractivity contribution in [2.75, 3.05) is 6.61 Å². The molecule has 2 N–H and O–H groups in total. The largest absolute Gasteiger partial charge is 0.377 e. The van der Waals surface area contributed by atoms with Gasteiger partial charge < -0.3 is 10.5 Å². The van der Waals surface area contributed by atoms with E-state index in [0.29, 0.717) is 12.0 Å². The minimum atomic E-state index is 0.174. The molecule has 0 bridgehead atoms. The smallest absolute Gasteiger partial charge is 0.0621 e. The van der Waals surface area contributed by atoms with Gasteiger partial charge in [0.2, 0.25) is 0 Å². The molecular weight excluding hydrogens is 150 g/mol. The van der Waals surface area contributed by atoms with Crippen molar-refractivity contribution in [3.63, 3.8) is 0 Å². The molecule has 0 heterocycles. The van der Waals surface area contributed by atoms with Crippen LogP contribution >= 0.6 is 0 Å². The maximum absolute atomic E-state index is 5.88. The SMILES string of the molecule is CC(C)OC[C@H](N)CC(C)(C)C. The molecule has 2 heteroatoms. The van der Waals surface area contributed by atoms with Crippen LogP contribution in [-0.4, -0.2) is 18.8 Å². The summed E-state index contributed by atoms with van der Waals surface area (Å²) in [6, 6.07) is 0.174. The second-order valence-electron chi connectivity index (χ2n) is 4.91. The summed E-state index contributed by atoms with van der Waals surface area (Å²) in [5.74, 6) is 0. The Morgan fingerprint density at radius 3 is 2.08 bits per heavy atom. The van der Waals surface area contributed by atoms with Gasteiger partial charge in [-0.1, -0.05) is 20.8 Å². The first-order valence-electron chi connectivity index (χ1n) is 4.68. The Balaban J connectivity index is 3.53. The lowest BCUT2D eigenvalue weighted by Crippen LogP contribution is -2.32. The number of rotatable bonds is 4. The molecule has 0 spiro atoms. The highest BCUT2D eigenvalue weighted by atomic mass is 16.5. The van der Waals surface area contributed by atoms with Crippen molar-refractivity contribution in [3.8, 4) is 0 Å². The molecule has 0 aromatic rings. The van der Waals surface area contributed by atoms with Gasteiger partial charge in [0.05, 0.1) is 12.7 Å². The highest BCUT2D eigenvalue weighted by Gasteiger charge is 2.15. The fraction of sp³-hybridized carbons (Fsp3) is 1.00. The van der Waals surface area contributed by atoms with Gasteiger partial charge in [-0.15, -0.1) is 0 Å². The van der Waals surface area contributed by atoms with E-state index in [0.717, 1.165) is 6.42 Å². The normalized spacial score (nSPS) is 15.2. The van der Waals surface area contributed by atoms with E-state index in [1.807, 2.05) is 13.8 Å². The number of nitrogens with two attached hydrogens (primary N) is 1. The van der Waals surface area contributed by atoms with Gasteiger partial charge >= 0.3 is 0 Å². The molecule has 0 aliphatic heterocycles. The average Bonchev–Trinajstić information content (AvgIpc) is 1.79. The Labute approximate surface area is 76.5 Å². The summed E-state index contributed by atoms with van der Waals surface area (Å²) in [7, 11) is 0. The van der Waals surface area contributed by atoms with Crippen molar-refractivity contribution in [3.05, 3.63) is 0 Å². The molecule has 0 fully saturated rings. The van der Waals surface area contributed by atoms with Crippen molar-refractivity contribution < 1.29 is 4.74 Å². The molecule has 0 radical (unpaired) electrons. The lowest BCUT2D eigenvalue weighted by molar-refractivity contribution is 0.0606. The van der Waals surface area contributed by atoms with Crippen LogP contribution in [0, 0.1) is 5.41 Å². The maximum Gasteiger partial charge on any atom is 0.0621 e. The highest BCUT2D eigenvalue weighted by Crippen LogP contribution is 2.19. The minimum Gasteiger partial charge on any atom is -0.377 e. The van der Waals surface area contributed by atoms with Crippen molar-refractivity contribution in [2.45, 2.75) is 53.2 Å². The Kier molecular flexibility index (Phi) is 4.80. The Bertz CT molecular complexity index is 115. The van der Waals surface area contributed by atoms with Gasteiger partial charge in [0.15, 0.2) is 0 Å². The standard InChI is InChI=1S/C10H23NO/c1-8(2)12-7-9(11)6-10(3,4)5/h8-9H,6-7,11H2,1-5H3/t9-/m1/s1. The van der Waals surface area contributed by atoms with Crippen LogP contribution in [0.4, 0.5) is 0 Å². The molecule has 2 nitrogen and oxygen atoms in total. The van der Waals surface area contributed by atoms with E-state index in [4.69, 9.17) is 10.5 Å². The summed E-state index contributed by atoms with van der Waals surface area (Å²) in [6.45, 7) is 11.3. The van der Waals surface area contributed by atoms with Gasteiger partial charge in [-0.05, 0) is 25.7 Å². The molecular formula is C10H23NO. The van der Waals surface area contributed by atoms with E-state index in [9.17, 15) is 0 Å². The van der Waals surface area contributed by atoms with Crippen molar-refractivity contribution in [1.29, 1.82) is 0 Å². The van der Waals surface area contributed by atoms with Crippen LogP contribution in [0.5, 0.6) is 0 Å². The van der Waals surface area contributed by atoms with Gasteiger partial charge in [-0.2, -0.15) is 0 Å². The van der Waals surface area contributed by atoms with Crippen LogP contribution in [0.15, 0.2) is 0 Å². The number of hydrogen-bond acceptors (Lipinski definition) is 2. The van der Waals surface area contributed by atoms with E-state index < -0.39 is 0 Å². The predicted octanol–water partition coefficient (Wildman–Crippen LogP) is 2.17. The average molecular weight is 173 g/mol. The summed E-state index contributed by atoms with van der Waals surface area (Å²) < 4.78 is 5.42. The second kappa shape index (κ2) is 4.83. The first kappa shape index (κ1) is 11.9. The van der Waals surface area contributed by atoms with Gasteiger partial charge in [0.25, 0.3) is 0 Å². The molecule has 0 aromatic carbocycles. The van der Waals surface area contributed by atoms with Crippen molar-refractivity contribution in [1.82, 2.24) is 0 Å². The predicted molar refractivity (Wildman–Crippen MR) is 53.1 cm³/mol. The van der Waals surface area contributed by atoms with Crippen LogP contribution in [0.1, 0.15) is 41.0 Å². The van der Waals surface area contributed by atoms with Crippen LogP contribution in [0.2, 0.25) is 0 Å². The van der Waals surface area contributed by atoms with Crippen LogP contribution in [0.25, 0.3) is 0 Å². The summed E-state index contributed by atoms with van der Waals surface area (Å²) in [6.07, 6.45) is 1.30. The summed E-state index contributed by atoms with van der Waals surface area (Å²) in [4.78, 5) is 0. The molecule has 0 rings (SSSR count). The van der Waals surface area contributed by atoms with Crippen LogP contribution in [-0.2, 0) is 4.74 Å². The second-order valence-corrected chi connectivity index (χ2v) is 4.91. The van der Waals surface area contributed by atoms with Crippen LogP contribution in [0.3, 0.4) is 0 Å². The Morgan fingerprint density at radius 1 is 1.25 bits per heavy atom. The lowest BCUT2D eigenvalue weighted by Gasteiger charge is -2.23. The highest BCUT2D eigenvalue weighted by molar-refractivity contribution is 4.70. The van der Waals surface area contributed by atoms with Gasteiger partial charge in [0, 0.05) is 6.04 Å². The fourth-order valence-electron chi connectivity index (χ4n) is 1.16. The molecule has 0 aromatic heterocycles. The molecule has 0 unspecified atom stereocenters. The van der Waals surface area contributed by atoms with E-state index >= 15 is 0 Å². The monoisotopic (exact) mass is 173 g/mol. The Hall–Kier alpha value is -0.0800. The van der Waals surface area contributed by atoms with Crippen molar-refractivity contribution >= 4 is 0 Å². The summed E-state index contributed by atoms with van der Waals surface area (Å²) >= 11 is 0. The van der Waals surface area contributed by atoms with Crippen molar-refractivity contribution in [2.24, 2.45) is 11.1 Å². The first-order valence-corrected chi connectivity index (χ1v) is 4.68. The third-order valence-corrected chi connectivity index (χ3v) is 1.52. The molecule has 0 saturated heterocycles. The maximum atomic E-state index is 5.88. The third kappa shape index (κ3) is 8.02. The van der Waals surface area contributed by atoms with E-state index in [1.54, 1.807) is 0 Å². The van der Waals surface area contributed by atoms with Gasteiger partial charge in [-0.3, -0.25) is 0 Å². The molecule has 74 valence electrons. The zero-order valence-electron chi connectivity index (χ0n) is 9.05. The fourth-order valence-corrected chi connectivity index (χ4v) is 1.16. The summed E-state index contributed by atoms with van der Waals surface area (Å²) in [5, 5.41) is 0. The molecule has 12 heavy (non-hydrogen) atoms. The van der Waals surface area contributed by atoms with Gasteiger partial charge in [-0.25, -0.2) is 0 Å². The molecule has 0 amide bonds. The first-order chi connectivity index (χ1) is 5.31. The van der Waals surface area contributed by atoms with E-state index in [1.165, 1.54) is 0 Å². The third-order valence-electron chi connectivity index (χ3n) is 1.52. The molecule has 0 aliphatic carbocycles. The van der Waals surface area contributed by atoms with E-state index in [-0.39, 0.29) is 12.1 Å². The lowest BCUT2D eigenvalue weighted by atomic mass is 9.89. The quantitative estimate of drug-likeness (QED) is 0.707. The van der Waals surface area contributed by atoms with Gasteiger partial charge in [0.1, 0.15) is 0 Å². The molecule has 1 atom stereocenters. The van der Waals surface area contributed by atoms with Crippen LogP contribution < -0.4 is 5.73 Å². The minimum absolute atomic E-state index is 0.174. The zero-order valence-corrected chi connectivity index (χ0v) is 9.05. The summed E-state index contributed by atoms with van der Waals surface area (Å²) in [5.41, 5.74) is 6.19. The zero-order chi connectivity index (χ0) is 9.78. The molecule has 0 aliphatic rings. The molecule has 0 saturated carbocycles. The van der Waals surface area contributed by atoms with E-state index in [2.05, 4.69) is 20.8 Å². The Morgan fingerprint density at radius 2 is 1.75 bits per heavy atom. The number of ether oxygens (including phenoxy) is 1.